The van der Waals surface area contributed by atoms with Crippen molar-refractivity contribution >= 4 is 22.6 Å². The number of imidazole rings is 1. The Morgan fingerprint density at radius 2 is 2.08 bits per heavy atom. The van der Waals surface area contributed by atoms with Crippen LogP contribution in [0.4, 0.5) is 5.69 Å². The number of carbonyl (C=O) groups is 1. The van der Waals surface area contributed by atoms with Gasteiger partial charge in [-0.15, -0.1) is 0 Å². The molecule has 4 rings (SSSR count). The number of hydrogen-bond acceptors (Lipinski definition) is 4. The molecule has 1 atom stereocenters. The Bertz CT molecular complexity index is 913. The number of fused-ring (bicyclic) bond motifs is 1. The zero-order valence-corrected chi connectivity index (χ0v) is 13.9. The molecule has 0 spiro atoms. The number of amides is 1. The fraction of sp³-hybridized carbons (Fsp3) is 0.263. The number of para-hydroxylation sites is 2. The Labute approximate surface area is 145 Å². The van der Waals surface area contributed by atoms with Gasteiger partial charge in [-0.05, 0) is 24.3 Å². The SMILES string of the molecule is Cn1c(-c2cccc(NC(=O)[C@@H]3COCCO3)c2)nc2ccccc21. The number of anilines is 1. The van der Waals surface area contributed by atoms with Gasteiger partial charge in [-0.25, -0.2) is 4.98 Å². The van der Waals surface area contributed by atoms with Gasteiger partial charge in [-0.2, -0.15) is 0 Å². The van der Waals surface area contributed by atoms with E-state index in [1.54, 1.807) is 0 Å². The quantitative estimate of drug-likeness (QED) is 0.798. The molecule has 2 aromatic carbocycles. The van der Waals surface area contributed by atoms with E-state index in [1.165, 1.54) is 0 Å². The molecule has 128 valence electrons. The maximum absolute atomic E-state index is 12.3. The van der Waals surface area contributed by atoms with Gasteiger partial charge >= 0.3 is 0 Å². The lowest BCUT2D eigenvalue weighted by Gasteiger charge is -2.22. The lowest BCUT2D eigenvalue weighted by Crippen LogP contribution is -2.39. The van der Waals surface area contributed by atoms with Gasteiger partial charge in [0, 0.05) is 18.3 Å². The molecule has 1 N–H and O–H groups in total. The highest BCUT2D eigenvalue weighted by Crippen LogP contribution is 2.25. The van der Waals surface area contributed by atoms with Gasteiger partial charge in [0.1, 0.15) is 5.82 Å². The Morgan fingerprint density at radius 3 is 2.88 bits per heavy atom. The van der Waals surface area contributed by atoms with Crippen LogP contribution in [0.3, 0.4) is 0 Å². The molecule has 1 aromatic heterocycles. The van der Waals surface area contributed by atoms with Crippen LogP contribution in [0.5, 0.6) is 0 Å². The Kier molecular flexibility index (Phi) is 4.21. The predicted octanol–water partition coefficient (Wildman–Crippen LogP) is 2.59. The van der Waals surface area contributed by atoms with Crippen LogP contribution >= 0.6 is 0 Å². The minimum absolute atomic E-state index is 0.193. The first kappa shape index (κ1) is 15.8. The van der Waals surface area contributed by atoms with E-state index in [4.69, 9.17) is 14.5 Å². The smallest absolute Gasteiger partial charge is 0.255 e. The van der Waals surface area contributed by atoms with Crippen LogP contribution in [0.25, 0.3) is 22.4 Å². The topological polar surface area (TPSA) is 65.4 Å². The summed E-state index contributed by atoms with van der Waals surface area (Å²) in [6.07, 6.45) is -0.562. The monoisotopic (exact) mass is 337 g/mol. The number of aromatic nitrogens is 2. The lowest BCUT2D eigenvalue weighted by molar-refractivity contribution is -0.142. The van der Waals surface area contributed by atoms with E-state index >= 15 is 0 Å². The fourth-order valence-electron chi connectivity index (χ4n) is 3.00. The van der Waals surface area contributed by atoms with Crippen molar-refractivity contribution in [1.82, 2.24) is 9.55 Å². The summed E-state index contributed by atoms with van der Waals surface area (Å²) >= 11 is 0. The molecule has 0 unspecified atom stereocenters. The molecule has 0 aliphatic carbocycles. The van der Waals surface area contributed by atoms with Gasteiger partial charge in [-0.1, -0.05) is 24.3 Å². The minimum atomic E-state index is -0.562. The highest BCUT2D eigenvalue weighted by Gasteiger charge is 2.22. The average Bonchev–Trinajstić information content (AvgIpc) is 3.00. The number of nitrogens with one attached hydrogen (secondary N) is 1. The Morgan fingerprint density at radius 1 is 1.20 bits per heavy atom. The Balaban J connectivity index is 1.60. The molecule has 0 radical (unpaired) electrons. The van der Waals surface area contributed by atoms with Crippen molar-refractivity contribution in [1.29, 1.82) is 0 Å². The third-order valence-corrected chi connectivity index (χ3v) is 4.28. The first-order chi connectivity index (χ1) is 12.2. The molecule has 0 saturated carbocycles. The summed E-state index contributed by atoms with van der Waals surface area (Å²) in [5.74, 6) is 0.663. The van der Waals surface area contributed by atoms with Crippen molar-refractivity contribution in [3.8, 4) is 11.4 Å². The van der Waals surface area contributed by atoms with E-state index in [-0.39, 0.29) is 12.5 Å². The number of carbonyl (C=O) groups excluding carboxylic acids is 1. The summed E-state index contributed by atoms with van der Waals surface area (Å²) in [6, 6.07) is 15.7. The summed E-state index contributed by atoms with van der Waals surface area (Å²) in [4.78, 5) is 17.0. The van der Waals surface area contributed by atoms with E-state index < -0.39 is 6.10 Å². The molecule has 6 nitrogen and oxygen atoms in total. The van der Waals surface area contributed by atoms with Gasteiger partial charge in [0.05, 0.1) is 30.9 Å². The number of hydrogen-bond donors (Lipinski definition) is 1. The summed E-state index contributed by atoms with van der Waals surface area (Å²) in [5, 5.41) is 2.89. The first-order valence-electron chi connectivity index (χ1n) is 8.24. The summed E-state index contributed by atoms with van der Waals surface area (Å²) < 4.78 is 12.8. The van der Waals surface area contributed by atoms with E-state index in [1.807, 2.05) is 60.1 Å². The van der Waals surface area contributed by atoms with E-state index in [9.17, 15) is 4.79 Å². The minimum Gasteiger partial charge on any atom is -0.376 e. The second-order valence-electron chi connectivity index (χ2n) is 5.99. The average molecular weight is 337 g/mol. The van der Waals surface area contributed by atoms with Crippen LogP contribution in [0.2, 0.25) is 0 Å². The fourth-order valence-corrected chi connectivity index (χ4v) is 3.00. The standard InChI is InChI=1S/C19H19N3O3/c1-22-16-8-3-2-7-15(16)21-18(22)13-5-4-6-14(11-13)20-19(23)17-12-24-9-10-25-17/h2-8,11,17H,9-10,12H2,1H3,(H,20,23)/t17-/m0/s1. The highest BCUT2D eigenvalue weighted by molar-refractivity contribution is 5.95. The maximum Gasteiger partial charge on any atom is 0.255 e. The predicted molar refractivity (Wildman–Crippen MR) is 95.3 cm³/mol. The molecule has 0 bridgehead atoms. The number of benzene rings is 2. The number of aryl methyl sites for hydroxylation is 1. The maximum atomic E-state index is 12.3. The van der Waals surface area contributed by atoms with Gasteiger partial charge in [-0.3, -0.25) is 4.79 Å². The van der Waals surface area contributed by atoms with Crippen molar-refractivity contribution in [3.63, 3.8) is 0 Å². The Hall–Kier alpha value is -2.70. The highest BCUT2D eigenvalue weighted by atomic mass is 16.6. The van der Waals surface area contributed by atoms with Crippen molar-refractivity contribution in [2.24, 2.45) is 7.05 Å². The second kappa shape index (κ2) is 6.66. The van der Waals surface area contributed by atoms with Crippen LogP contribution in [-0.4, -0.2) is 41.4 Å². The summed E-state index contributed by atoms with van der Waals surface area (Å²) in [7, 11) is 1.99. The molecule has 1 amide bonds. The van der Waals surface area contributed by atoms with Crippen molar-refractivity contribution in [2.45, 2.75) is 6.10 Å². The van der Waals surface area contributed by atoms with E-state index in [2.05, 4.69) is 5.32 Å². The number of ether oxygens (including phenoxy) is 2. The lowest BCUT2D eigenvalue weighted by atomic mass is 10.2. The number of rotatable bonds is 3. The zero-order valence-electron chi connectivity index (χ0n) is 13.9. The first-order valence-corrected chi connectivity index (χ1v) is 8.24. The third-order valence-electron chi connectivity index (χ3n) is 4.28. The van der Waals surface area contributed by atoms with Gasteiger partial charge in [0.25, 0.3) is 5.91 Å². The van der Waals surface area contributed by atoms with Gasteiger partial charge in [0.2, 0.25) is 0 Å². The third kappa shape index (κ3) is 3.14. The van der Waals surface area contributed by atoms with Crippen molar-refractivity contribution in [2.75, 3.05) is 25.1 Å². The van der Waals surface area contributed by atoms with Crippen molar-refractivity contribution < 1.29 is 14.3 Å². The second-order valence-corrected chi connectivity index (χ2v) is 5.99. The molecule has 25 heavy (non-hydrogen) atoms. The van der Waals surface area contributed by atoms with Gasteiger partial charge < -0.3 is 19.4 Å². The van der Waals surface area contributed by atoms with Crippen molar-refractivity contribution in [3.05, 3.63) is 48.5 Å². The molecule has 3 aromatic rings. The number of nitrogens with zero attached hydrogens (tertiary/aromatic N) is 2. The molecule has 2 heterocycles. The largest absolute Gasteiger partial charge is 0.376 e. The normalized spacial score (nSPS) is 17.6. The van der Waals surface area contributed by atoms with Crippen LogP contribution < -0.4 is 5.32 Å². The van der Waals surface area contributed by atoms with Crippen LogP contribution in [0, 0.1) is 0 Å². The molecule has 1 aliphatic heterocycles. The molecule has 1 aliphatic rings. The summed E-state index contributed by atoms with van der Waals surface area (Å²) in [5.41, 5.74) is 3.67. The van der Waals surface area contributed by atoms with Crippen LogP contribution in [0.15, 0.2) is 48.5 Å². The van der Waals surface area contributed by atoms with Gasteiger partial charge in [0.15, 0.2) is 6.10 Å². The van der Waals surface area contributed by atoms with Crippen LogP contribution in [0.1, 0.15) is 0 Å². The molecule has 1 saturated heterocycles. The molecule has 6 heteroatoms. The van der Waals surface area contributed by atoms with E-state index in [0.29, 0.717) is 18.9 Å². The summed E-state index contributed by atoms with van der Waals surface area (Å²) in [6.45, 7) is 1.26. The molecular formula is C19H19N3O3. The van der Waals surface area contributed by atoms with E-state index in [0.717, 1.165) is 22.4 Å². The van der Waals surface area contributed by atoms with Crippen LogP contribution in [-0.2, 0) is 21.3 Å². The molecular weight excluding hydrogens is 318 g/mol. The molecule has 1 fully saturated rings. The zero-order chi connectivity index (χ0) is 17.2.